The summed E-state index contributed by atoms with van der Waals surface area (Å²) in [6, 6.07) is 11.2. The van der Waals surface area contributed by atoms with Crippen LogP contribution in [0.25, 0.3) is 0 Å². The van der Waals surface area contributed by atoms with Gasteiger partial charge in [0.1, 0.15) is 6.04 Å². The van der Waals surface area contributed by atoms with Crippen LogP contribution in [-0.4, -0.2) is 53.3 Å². The van der Waals surface area contributed by atoms with Gasteiger partial charge in [-0.1, -0.05) is 30.3 Å². The van der Waals surface area contributed by atoms with E-state index in [0.717, 1.165) is 10.6 Å². The van der Waals surface area contributed by atoms with Gasteiger partial charge in [-0.25, -0.2) is 8.42 Å². The van der Waals surface area contributed by atoms with Crippen LogP contribution >= 0.6 is 0 Å². The topological polar surface area (TPSA) is 94.2 Å². The maximum atomic E-state index is 12.9. The first-order chi connectivity index (χ1) is 13.7. The zero-order valence-electron chi connectivity index (χ0n) is 17.1. The van der Waals surface area contributed by atoms with E-state index in [1.807, 2.05) is 0 Å². The molecule has 0 heterocycles. The molecule has 1 N–H and O–H groups in total. The summed E-state index contributed by atoms with van der Waals surface area (Å²) in [5.41, 5.74) is 1.28. The largest absolute Gasteiger partial charge is 0.493 e. The summed E-state index contributed by atoms with van der Waals surface area (Å²) in [5, 5.41) is 2.79. The minimum atomic E-state index is -3.59. The van der Waals surface area contributed by atoms with E-state index in [9.17, 15) is 13.2 Å². The molecule has 1 amide bonds. The van der Waals surface area contributed by atoms with Gasteiger partial charge in [-0.3, -0.25) is 4.79 Å². The third kappa shape index (κ3) is 5.39. The predicted molar refractivity (Wildman–Crippen MR) is 110 cm³/mol. The minimum Gasteiger partial charge on any atom is -0.493 e. The average Bonchev–Trinajstić information content (AvgIpc) is 2.71. The fourth-order valence-electron chi connectivity index (χ4n) is 2.88. The Hall–Kier alpha value is -2.78. The number of hydrogen-bond donors (Lipinski definition) is 1. The Morgan fingerprint density at radius 3 is 2.03 bits per heavy atom. The molecule has 0 aliphatic carbocycles. The molecule has 158 valence electrons. The van der Waals surface area contributed by atoms with Crippen molar-refractivity contribution in [3.05, 3.63) is 53.6 Å². The van der Waals surface area contributed by atoms with Crippen molar-refractivity contribution < 1.29 is 27.4 Å². The molecule has 2 aromatic carbocycles. The summed E-state index contributed by atoms with van der Waals surface area (Å²) in [6.45, 7) is 0.149. The number of nitrogens with one attached hydrogen (secondary N) is 1. The van der Waals surface area contributed by atoms with Gasteiger partial charge in [0, 0.05) is 13.6 Å². The Kier molecular flexibility index (Phi) is 7.46. The van der Waals surface area contributed by atoms with E-state index in [1.165, 1.54) is 28.4 Å². The van der Waals surface area contributed by atoms with Crippen molar-refractivity contribution in [2.24, 2.45) is 0 Å². The van der Waals surface area contributed by atoms with Crippen molar-refractivity contribution in [3.63, 3.8) is 0 Å². The molecule has 0 aliphatic heterocycles. The van der Waals surface area contributed by atoms with E-state index in [4.69, 9.17) is 14.2 Å². The second-order valence-corrected chi connectivity index (χ2v) is 8.39. The number of ether oxygens (including phenoxy) is 3. The first kappa shape index (κ1) is 22.5. The third-order valence-corrected chi connectivity index (χ3v) is 5.70. The van der Waals surface area contributed by atoms with Crippen molar-refractivity contribution in [2.45, 2.75) is 12.6 Å². The van der Waals surface area contributed by atoms with E-state index in [-0.39, 0.29) is 6.54 Å². The normalized spacial score (nSPS) is 12.3. The number of benzene rings is 2. The molecule has 0 aliphatic rings. The van der Waals surface area contributed by atoms with Crippen molar-refractivity contribution >= 4 is 15.9 Å². The van der Waals surface area contributed by atoms with Crippen LogP contribution in [0, 0.1) is 0 Å². The molecule has 29 heavy (non-hydrogen) atoms. The molecule has 0 fully saturated rings. The fourth-order valence-corrected chi connectivity index (χ4v) is 3.48. The number of hydrogen-bond acceptors (Lipinski definition) is 6. The van der Waals surface area contributed by atoms with Crippen molar-refractivity contribution in [2.75, 3.05) is 34.6 Å². The summed E-state index contributed by atoms with van der Waals surface area (Å²) in [4.78, 5) is 12.9. The van der Waals surface area contributed by atoms with E-state index >= 15 is 0 Å². The zero-order chi connectivity index (χ0) is 21.6. The molecule has 2 aromatic rings. The number of carbonyl (C=O) groups excluding carboxylic acids is 1. The summed E-state index contributed by atoms with van der Waals surface area (Å²) in [6.07, 6.45) is 1.06. The van der Waals surface area contributed by atoms with Crippen LogP contribution in [0.4, 0.5) is 0 Å². The van der Waals surface area contributed by atoms with Crippen LogP contribution in [-0.2, 0) is 21.4 Å². The molecular weight excluding hydrogens is 396 g/mol. The fraction of sp³-hybridized carbons (Fsp3) is 0.350. The van der Waals surface area contributed by atoms with Gasteiger partial charge in [0.25, 0.3) is 0 Å². The SMILES string of the molecule is COc1cc(CNC(=O)[C@H](c2ccccc2)N(C)S(C)(=O)=O)cc(OC)c1OC. The Balaban J connectivity index is 2.29. The van der Waals surface area contributed by atoms with Gasteiger partial charge < -0.3 is 19.5 Å². The van der Waals surface area contributed by atoms with E-state index in [0.29, 0.717) is 28.4 Å². The smallest absolute Gasteiger partial charge is 0.243 e. The molecule has 0 saturated heterocycles. The van der Waals surface area contributed by atoms with E-state index < -0.39 is 22.0 Å². The Morgan fingerprint density at radius 1 is 1.03 bits per heavy atom. The van der Waals surface area contributed by atoms with Gasteiger partial charge in [0.05, 0.1) is 27.6 Å². The summed E-state index contributed by atoms with van der Waals surface area (Å²) in [5.74, 6) is 0.926. The molecule has 0 saturated carbocycles. The highest BCUT2D eigenvalue weighted by Gasteiger charge is 2.30. The lowest BCUT2D eigenvalue weighted by molar-refractivity contribution is -0.125. The maximum absolute atomic E-state index is 12.9. The maximum Gasteiger partial charge on any atom is 0.243 e. The molecule has 0 radical (unpaired) electrons. The van der Waals surface area contributed by atoms with Gasteiger partial charge >= 0.3 is 0 Å². The number of sulfonamides is 1. The Bertz CT molecular complexity index is 922. The Morgan fingerprint density at radius 2 is 1.59 bits per heavy atom. The molecular formula is C20H26N2O6S. The molecule has 8 nitrogen and oxygen atoms in total. The highest BCUT2D eigenvalue weighted by Crippen LogP contribution is 2.38. The molecule has 1 atom stereocenters. The highest BCUT2D eigenvalue weighted by atomic mass is 32.2. The first-order valence-corrected chi connectivity index (χ1v) is 10.6. The van der Waals surface area contributed by atoms with Gasteiger partial charge in [0.15, 0.2) is 11.5 Å². The van der Waals surface area contributed by atoms with Crippen molar-refractivity contribution in [1.29, 1.82) is 0 Å². The summed E-state index contributed by atoms with van der Waals surface area (Å²) < 4.78 is 41.1. The van der Waals surface area contributed by atoms with Crippen LogP contribution in [0.1, 0.15) is 17.2 Å². The van der Waals surface area contributed by atoms with Crippen molar-refractivity contribution in [3.8, 4) is 17.2 Å². The molecule has 0 aromatic heterocycles. The third-order valence-electron chi connectivity index (χ3n) is 4.44. The minimum absolute atomic E-state index is 0.149. The van der Waals surface area contributed by atoms with Gasteiger partial charge in [0.2, 0.25) is 21.7 Å². The predicted octanol–water partition coefficient (Wildman–Crippen LogP) is 1.96. The standard InChI is InChI=1S/C20H26N2O6S/c1-22(29(5,24)25)18(15-9-7-6-8-10-15)20(23)21-13-14-11-16(26-2)19(28-4)17(12-14)27-3/h6-12,18H,13H2,1-5H3,(H,21,23)/t18-/m0/s1. The number of amides is 1. The number of carbonyl (C=O) groups is 1. The van der Waals surface area contributed by atoms with Crippen LogP contribution in [0.15, 0.2) is 42.5 Å². The van der Waals surface area contributed by atoms with Gasteiger partial charge in [-0.05, 0) is 23.3 Å². The van der Waals surface area contributed by atoms with E-state index in [2.05, 4.69) is 5.32 Å². The van der Waals surface area contributed by atoms with Crippen molar-refractivity contribution in [1.82, 2.24) is 9.62 Å². The summed E-state index contributed by atoms with van der Waals surface area (Å²) in [7, 11) is 2.31. The highest BCUT2D eigenvalue weighted by molar-refractivity contribution is 7.88. The summed E-state index contributed by atoms with van der Waals surface area (Å²) >= 11 is 0. The molecule has 0 unspecified atom stereocenters. The lowest BCUT2D eigenvalue weighted by Crippen LogP contribution is -2.41. The molecule has 9 heteroatoms. The number of nitrogens with zero attached hydrogens (tertiary/aromatic N) is 1. The van der Waals surface area contributed by atoms with E-state index in [1.54, 1.807) is 42.5 Å². The lowest BCUT2D eigenvalue weighted by Gasteiger charge is -2.25. The second kappa shape index (κ2) is 9.62. The van der Waals surface area contributed by atoms with Crippen LogP contribution in [0.3, 0.4) is 0 Å². The van der Waals surface area contributed by atoms with Crippen LogP contribution < -0.4 is 19.5 Å². The molecule has 2 rings (SSSR count). The quantitative estimate of drug-likeness (QED) is 0.664. The number of likely N-dealkylation sites (N-methyl/N-ethyl adjacent to an activating group) is 1. The number of rotatable bonds is 9. The lowest BCUT2D eigenvalue weighted by atomic mass is 10.1. The van der Waals surface area contributed by atoms with Crippen LogP contribution in [0.5, 0.6) is 17.2 Å². The van der Waals surface area contributed by atoms with Crippen LogP contribution in [0.2, 0.25) is 0 Å². The average molecular weight is 423 g/mol. The zero-order valence-corrected chi connectivity index (χ0v) is 17.9. The Labute approximate surface area is 171 Å². The second-order valence-electron chi connectivity index (χ2n) is 6.34. The number of methoxy groups -OCH3 is 3. The van der Waals surface area contributed by atoms with Gasteiger partial charge in [-0.15, -0.1) is 0 Å². The molecule has 0 spiro atoms. The van der Waals surface area contributed by atoms with Gasteiger partial charge in [-0.2, -0.15) is 4.31 Å². The molecule has 0 bridgehead atoms. The monoisotopic (exact) mass is 422 g/mol. The first-order valence-electron chi connectivity index (χ1n) is 8.77.